The third-order valence-electron chi connectivity index (χ3n) is 12.4. The molecule has 392 valence electrons. The molecule has 1 aliphatic rings. The number of hydrogen-bond acceptors (Lipinski definition) is 10. The van der Waals surface area contributed by atoms with Gasteiger partial charge in [-0.3, -0.25) is 43.3 Å². The summed E-state index contributed by atoms with van der Waals surface area (Å²) in [4.78, 5) is 119. The quantitative estimate of drug-likeness (QED) is 0.0477. The second-order valence-electron chi connectivity index (χ2n) is 18.0. The number of nitrogens with one attached hydrogen (secondary N) is 8. The van der Waals surface area contributed by atoms with E-state index in [1.165, 1.54) is 0 Å². The molecule has 8 amide bonds. The predicted octanol–water partition coefficient (Wildman–Crippen LogP) is 0.809. The Bertz CT molecular complexity index is 2500. The van der Waals surface area contributed by atoms with Crippen LogP contribution in [-0.2, 0) is 51.2 Å². The van der Waals surface area contributed by atoms with Crippen LogP contribution in [0.5, 0.6) is 0 Å². The molecule has 2 heterocycles. The topological polar surface area (TPSA) is 330 Å². The number of nitrogens with zero attached hydrogens (tertiary/aromatic N) is 2. The number of carbonyl (C=O) groups is 8. The number of fused-ring (bicyclic) bond motifs is 1. The minimum Gasteiger partial charge on any atom is -0.370 e. The Kier molecular flexibility index (Phi) is 22.5. The number of H-pyrrole nitrogens is 1. The number of aromatic nitrogens is 1. The van der Waals surface area contributed by atoms with E-state index < -0.39 is 71.6 Å². The van der Waals surface area contributed by atoms with E-state index in [0.29, 0.717) is 24.8 Å². The number of nitrogens with two attached hydrogens (primary N) is 3. The first-order chi connectivity index (χ1) is 35.2. The number of benzene rings is 3. The lowest BCUT2D eigenvalue weighted by atomic mass is 10.0. The SMILES string of the molecule is CCCCC(=O)N[C@H]1CC(=O)NCCCC[C@@H](C(N)=O)NC(=O)[C@H](Cc2c[nH]c3ccccc23)NC(=O)[C@H](CCCN=C(N)N)NC(=O)[C@@H](Cc2ccccc2)NC(=O)CCN(c2ccccc2)CCNC1=O. The zero-order valence-corrected chi connectivity index (χ0v) is 41.5. The van der Waals surface area contributed by atoms with Crippen LogP contribution in [-0.4, -0.2) is 121 Å². The predicted molar refractivity (Wildman–Crippen MR) is 278 cm³/mol. The van der Waals surface area contributed by atoms with Crippen LogP contribution in [0.25, 0.3) is 10.9 Å². The molecule has 0 radical (unpaired) electrons. The Morgan fingerprint density at radius 3 is 2.10 bits per heavy atom. The van der Waals surface area contributed by atoms with E-state index in [9.17, 15) is 38.4 Å². The van der Waals surface area contributed by atoms with Crippen molar-refractivity contribution in [3.05, 3.63) is 102 Å². The average Bonchev–Trinajstić information content (AvgIpc) is 3.78. The number of para-hydroxylation sites is 2. The molecular weight excluding hydrogens is 935 g/mol. The fourth-order valence-electron chi connectivity index (χ4n) is 8.38. The lowest BCUT2D eigenvalue weighted by Gasteiger charge is -2.27. The monoisotopic (exact) mass is 1010 g/mol. The summed E-state index contributed by atoms with van der Waals surface area (Å²) in [6.07, 6.45) is 3.88. The van der Waals surface area contributed by atoms with Gasteiger partial charge in [-0.05, 0) is 67.9 Å². The van der Waals surface area contributed by atoms with Crippen molar-refractivity contribution in [1.29, 1.82) is 0 Å². The van der Waals surface area contributed by atoms with Gasteiger partial charge in [-0.25, -0.2) is 0 Å². The van der Waals surface area contributed by atoms with Gasteiger partial charge < -0.3 is 64.3 Å². The second kappa shape index (κ2) is 29.4. The zero-order chi connectivity index (χ0) is 52.5. The van der Waals surface area contributed by atoms with Gasteiger partial charge in [0.05, 0.1) is 6.42 Å². The van der Waals surface area contributed by atoms with E-state index in [2.05, 4.69) is 47.2 Å². The number of unbranched alkanes of at least 4 members (excludes halogenated alkanes) is 1. The molecule has 0 spiro atoms. The van der Waals surface area contributed by atoms with Crippen molar-refractivity contribution in [3.8, 4) is 0 Å². The van der Waals surface area contributed by atoms with Gasteiger partial charge in [0.2, 0.25) is 47.3 Å². The van der Waals surface area contributed by atoms with Crippen molar-refractivity contribution in [1.82, 2.24) is 42.2 Å². The molecule has 73 heavy (non-hydrogen) atoms. The number of anilines is 1. The molecule has 4 aromatic rings. The van der Waals surface area contributed by atoms with Gasteiger partial charge in [-0.1, -0.05) is 80.1 Å². The number of amides is 8. The number of primary amides is 1. The zero-order valence-electron chi connectivity index (χ0n) is 41.5. The number of aliphatic imine (C=N–C) groups is 1. The molecule has 0 bridgehead atoms. The van der Waals surface area contributed by atoms with E-state index in [0.717, 1.165) is 28.6 Å². The minimum absolute atomic E-state index is 0.0246. The maximum Gasteiger partial charge on any atom is 0.243 e. The molecule has 1 saturated heterocycles. The highest BCUT2D eigenvalue weighted by Crippen LogP contribution is 2.20. The van der Waals surface area contributed by atoms with Crippen LogP contribution in [0, 0.1) is 0 Å². The van der Waals surface area contributed by atoms with Crippen molar-refractivity contribution < 1.29 is 38.4 Å². The molecule has 14 N–H and O–H groups in total. The Hall–Kier alpha value is -7.97. The third-order valence-corrected chi connectivity index (χ3v) is 12.4. The van der Waals surface area contributed by atoms with E-state index in [-0.39, 0.29) is 96.0 Å². The maximum absolute atomic E-state index is 14.5. The molecule has 1 aromatic heterocycles. The molecular formula is C52H71N13O8. The fourth-order valence-corrected chi connectivity index (χ4v) is 8.38. The number of carbonyl (C=O) groups excluding carboxylic acids is 8. The van der Waals surface area contributed by atoms with Crippen molar-refractivity contribution in [2.24, 2.45) is 22.2 Å². The van der Waals surface area contributed by atoms with Gasteiger partial charge in [0.15, 0.2) is 5.96 Å². The Balaban J connectivity index is 1.47. The highest BCUT2D eigenvalue weighted by molar-refractivity contribution is 5.96. The van der Waals surface area contributed by atoms with Gasteiger partial charge in [0.25, 0.3) is 0 Å². The van der Waals surface area contributed by atoms with Gasteiger partial charge in [0.1, 0.15) is 30.2 Å². The summed E-state index contributed by atoms with van der Waals surface area (Å²) >= 11 is 0. The van der Waals surface area contributed by atoms with Crippen LogP contribution in [0.4, 0.5) is 5.69 Å². The summed E-state index contributed by atoms with van der Waals surface area (Å²) in [5, 5.41) is 20.4. The first-order valence-corrected chi connectivity index (χ1v) is 25.0. The van der Waals surface area contributed by atoms with Crippen LogP contribution in [0.3, 0.4) is 0 Å². The minimum atomic E-state index is -1.28. The molecule has 0 saturated carbocycles. The molecule has 21 nitrogen and oxygen atoms in total. The molecule has 5 rings (SSSR count). The standard InChI is InChI=1S/C52H71N13O8/c1-2-3-23-44(66)61-43-32-46(68)56-25-13-12-21-39(47(53)69)62-51(73)42(31-35-33-59-38-20-11-10-19-37(35)38)64-49(71)40(22-14-26-58-52(54)55)63-50(72)41(30-34-15-6-4-7-16-34)60-45(67)24-28-65(29-27-57-48(43)70)36-17-8-5-9-18-36/h4-11,15-20,33,39-43,59H,2-3,12-14,21-32H2,1H3,(H2,53,69)(H,56,68)(H,57,70)(H,60,67)(H,61,66)(H,62,73)(H,63,72)(H,64,71)(H4,54,55,58)/t39-,40-,41+,42-,43-/m0/s1. The number of aromatic amines is 1. The number of guanidine groups is 1. The van der Waals surface area contributed by atoms with Gasteiger partial charge in [0, 0.05) is 81.2 Å². The Morgan fingerprint density at radius 2 is 1.37 bits per heavy atom. The highest BCUT2D eigenvalue weighted by atomic mass is 16.2. The van der Waals surface area contributed by atoms with E-state index in [1.807, 2.05) is 84.6 Å². The van der Waals surface area contributed by atoms with Crippen molar-refractivity contribution >= 4 is 69.8 Å². The lowest BCUT2D eigenvalue weighted by molar-refractivity contribution is -0.134. The largest absolute Gasteiger partial charge is 0.370 e. The highest BCUT2D eigenvalue weighted by Gasteiger charge is 2.32. The second-order valence-corrected chi connectivity index (χ2v) is 18.0. The number of hydrogen-bond donors (Lipinski definition) is 11. The van der Waals surface area contributed by atoms with Gasteiger partial charge >= 0.3 is 0 Å². The van der Waals surface area contributed by atoms with Crippen molar-refractivity contribution in [3.63, 3.8) is 0 Å². The molecule has 1 fully saturated rings. The van der Waals surface area contributed by atoms with Crippen LogP contribution >= 0.6 is 0 Å². The summed E-state index contributed by atoms with van der Waals surface area (Å²) in [5.74, 6) is -5.01. The summed E-state index contributed by atoms with van der Waals surface area (Å²) in [6.45, 7) is 2.69. The number of rotatable bonds is 14. The van der Waals surface area contributed by atoms with Crippen LogP contribution in [0.15, 0.2) is 96.1 Å². The van der Waals surface area contributed by atoms with Crippen LogP contribution in [0.1, 0.15) is 82.3 Å². The molecule has 0 unspecified atom stereocenters. The fraction of sp³-hybridized carbons (Fsp3) is 0.442. The average molecular weight is 1010 g/mol. The smallest absolute Gasteiger partial charge is 0.243 e. The van der Waals surface area contributed by atoms with Crippen LogP contribution in [0.2, 0.25) is 0 Å². The summed E-state index contributed by atoms with van der Waals surface area (Å²) in [5.41, 5.74) is 19.9. The van der Waals surface area contributed by atoms with E-state index in [4.69, 9.17) is 17.2 Å². The first kappa shape index (κ1) is 56.0. The van der Waals surface area contributed by atoms with E-state index >= 15 is 0 Å². The van der Waals surface area contributed by atoms with E-state index in [1.54, 1.807) is 18.3 Å². The first-order valence-electron chi connectivity index (χ1n) is 25.0. The Labute approximate surface area is 425 Å². The molecule has 3 aromatic carbocycles. The van der Waals surface area contributed by atoms with Crippen molar-refractivity contribution in [2.75, 3.05) is 37.6 Å². The summed E-state index contributed by atoms with van der Waals surface area (Å²) in [6, 6.07) is 19.6. The maximum atomic E-state index is 14.5. The normalized spacial score (nSPS) is 20.7. The Morgan fingerprint density at radius 1 is 0.699 bits per heavy atom. The summed E-state index contributed by atoms with van der Waals surface area (Å²) < 4.78 is 0. The van der Waals surface area contributed by atoms with Crippen LogP contribution < -0.4 is 59.3 Å². The molecule has 1 aliphatic heterocycles. The lowest BCUT2D eigenvalue weighted by Crippen LogP contribution is -2.58. The van der Waals surface area contributed by atoms with Gasteiger partial charge in [-0.15, -0.1) is 0 Å². The molecule has 0 aliphatic carbocycles. The van der Waals surface area contributed by atoms with Gasteiger partial charge in [-0.2, -0.15) is 0 Å². The third kappa shape index (κ3) is 18.9. The molecule has 21 heteroatoms. The molecule has 5 atom stereocenters. The van der Waals surface area contributed by atoms with Crippen molar-refractivity contribution in [2.45, 2.75) is 114 Å². The summed E-state index contributed by atoms with van der Waals surface area (Å²) in [7, 11) is 0.